The van der Waals surface area contributed by atoms with E-state index in [9.17, 15) is 8.78 Å². The van der Waals surface area contributed by atoms with Crippen molar-refractivity contribution in [1.82, 2.24) is 24.8 Å². The van der Waals surface area contributed by atoms with Gasteiger partial charge in [0.25, 0.3) is 0 Å². The van der Waals surface area contributed by atoms with E-state index in [1.807, 2.05) is 19.2 Å². The molecule has 198 valence electrons. The van der Waals surface area contributed by atoms with Gasteiger partial charge in [-0.05, 0) is 49.9 Å². The molecule has 0 bridgehead atoms. The Kier molecular flexibility index (Phi) is 7.90. The van der Waals surface area contributed by atoms with Gasteiger partial charge in [0, 0.05) is 68.7 Å². The van der Waals surface area contributed by atoms with Crippen LogP contribution in [0.4, 0.5) is 26.0 Å². The molecule has 5 rings (SSSR count). The molecule has 0 saturated carbocycles. The standard InChI is InChI=1S/C28H31F2N7O/c1-31-25-16-21-24(17-26(25)38-14-4-9-37-12-10-36(2)11-13-37)33-18-34-28(21)35-19-6-7-22(29)20(15-19)27-23(30)5-3-8-32-27/h3,5-8,15-18,31H,4,9-14H2,1-2H3,(H,33,34,35). The average Bonchev–Trinajstić information content (AvgIpc) is 2.93. The number of hydrogen-bond donors (Lipinski definition) is 2. The SMILES string of the molecule is CNc1cc2c(Nc3ccc(F)c(-c4ncccc4F)c3)ncnc2cc1OCCCN1CCN(C)CC1. The van der Waals surface area contributed by atoms with Crippen LogP contribution >= 0.6 is 0 Å². The highest BCUT2D eigenvalue weighted by molar-refractivity contribution is 5.95. The summed E-state index contributed by atoms with van der Waals surface area (Å²) in [5.74, 6) is 0.100. The molecule has 2 N–H and O–H groups in total. The number of fused-ring (bicyclic) bond motifs is 1. The van der Waals surface area contributed by atoms with Crippen LogP contribution in [0.2, 0.25) is 0 Å². The summed E-state index contributed by atoms with van der Waals surface area (Å²) < 4.78 is 34.9. The van der Waals surface area contributed by atoms with Crippen molar-refractivity contribution in [3.8, 4) is 17.0 Å². The van der Waals surface area contributed by atoms with Crippen molar-refractivity contribution < 1.29 is 13.5 Å². The number of anilines is 3. The summed E-state index contributed by atoms with van der Waals surface area (Å²) in [6.07, 6.45) is 3.83. The van der Waals surface area contributed by atoms with Crippen molar-refractivity contribution in [2.45, 2.75) is 6.42 Å². The molecule has 3 heterocycles. The van der Waals surface area contributed by atoms with Crippen LogP contribution in [0.25, 0.3) is 22.2 Å². The zero-order valence-corrected chi connectivity index (χ0v) is 21.5. The number of piperazine rings is 1. The van der Waals surface area contributed by atoms with Gasteiger partial charge in [-0.1, -0.05) is 0 Å². The largest absolute Gasteiger partial charge is 0.491 e. The lowest BCUT2D eigenvalue weighted by molar-refractivity contribution is 0.145. The second-order valence-corrected chi connectivity index (χ2v) is 9.34. The van der Waals surface area contributed by atoms with Crippen molar-refractivity contribution in [2.75, 3.05) is 64.1 Å². The first kappa shape index (κ1) is 25.7. The van der Waals surface area contributed by atoms with Gasteiger partial charge < -0.3 is 25.2 Å². The fourth-order valence-corrected chi connectivity index (χ4v) is 4.55. The molecule has 0 spiro atoms. The van der Waals surface area contributed by atoms with E-state index < -0.39 is 11.6 Å². The summed E-state index contributed by atoms with van der Waals surface area (Å²) in [6.45, 7) is 6.00. The monoisotopic (exact) mass is 519 g/mol. The number of ether oxygens (including phenoxy) is 1. The van der Waals surface area contributed by atoms with Crippen molar-refractivity contribution in [3.63, 3.8) is 0 Å². The van der Waals surface area contributed by atoms with Crippen LogP contribution in [-0.4, -0.2) is 78.2 Å². The molecule has 10 heteroatoms. The van der Waals surface area contributed by atoms with Gasteiger partial charge in [0.2, 0.25) is 0 Å². The fraction of sp³-hybridized carbons (Fsp3) is 0.321. The highest BCUT2D eigenvalue weighted by Gasteiger charge is 2.16. The van der Waals surface area contributed by atoms with Crippen LogP contribution in [0.5, 0.6) is 5.75 Å². The summed E-state index contributed by atoms with van der Waals surface area (Å²) in [6, 6.07) is 10.9. The Bertz CT molecular complexity index is 1410. The molecule has 1 aliphatic heterocycles. The minimum Gasteiger partial charge on any atom is -0.491 e. The van der Waals surface area contributed by atoms with Gasteiger partial charge in [0.05, 0.1) is 17.8 Å². The molecule has 0 amide bonds. The maximum atomic E-state index is 14.5. The van der Waals surface area contributed by atoms with Gasteiger partial charge in [-0.2, -0.15) is 0 Å². The predicted octanol–water partition coefficient (Wildman–Crippen LogP) is 4.77. The molecule has 1 saturated heterocycles. The van der Waals surface area contributed by atoms with Crippen molar-refractivity contribution in [3.05, 3.63) is 66.6 Å². The Labute approximate surface area is 220 Å². The van der Waals surface area contributed by atoms with E-state index >= 15 is 0 Å². The lowest BCUT2D eigenvalue weighted by atomic mass is 10.1. The van der Waals surface area contributed by atoms with E-state index in [1.165, 1.54) is 36.8 Å². The predicted molar refractivity (Wildman–Crippen MR) is 146 cm³/mol. The van der Waals surface area contributed by atoms with Crippen LogP contribution in [0.3, 0.4) is 0 Å². The number of aromatic nitrogens is 3. The van der Waals surface area contributed by atoms with Gasteiger partial charge in [-0.3, -0.25) is 4.98 Å². The van der Waals surface area contributed by atoms with Crippen molar-refractivity contribution in [1.29, 1.82) is 0 Å². The second kappa shape index (κ2) is 11.7. The van der Waals surface area contributed by atoms with E-state index in [0.29, 0.717) is 23.6 Å². The van der Waals surface area contributed by atoms with Crippen molar-refractivity contribution in [2.24, 2.45) is 0 Å². The molecule has 0 atom stereocenters. The molecule has 38 heavy (non-hydrogen) atoms. The van der Waals surface area contributed by atoms with Crippen LogP contribution in [-0.2, 0) is 0 Å². The molecule has 0 unspecified atom stereocenters. The van der Waals surface area contributed by atoms with Gasteiger partial charge in [-0.25, -0.2) is 18.7 Å². The topological polar surface area (TPSA) is 78.4 Å². The fourth-order valence-electron chi connectivity index (χ4n) is 4.55. The zero-order valence-electron chi connectivity index (χ0n) is 21.5. The van der Waals surface area contributed by atoms with Crippen molar-refractivity contribution >= 4 is 28.1 Å². The number of nitrogens with one attached hydrogen (secondary N) is 2. The number of likely N-dealkylation sites (N-methyl/N-ethyl adjacent to an activating group) is 1. The Balaban J connectivity index is 1.33. The molecular formula is C28H31F2N7O. The quantitative estimate of drug-likeness (QED) is 0.306. The summed E-state index contributed by atoms with van der Waals surface area (Å²) in [5, 5.41) is 7.18. The Hall–Kier alpha value is -3.89. The molecule has 1 fully saturated rings. The minimum atomic E-state index is -0.592. The smallest absolute Gasteiger partial charge is 0.149 e. The first-order valence-electron chi connectivity index (χ1n) is 12.7. The van der Waals surface area contributed by atoms with Crippen LogP contribution in [0.1, 0.15) is 6.42 Å². The number of pyridine rings is 1. The van der Waals surface area contributed by atoms with Gasteiger partial charge in [0.1, 0.15) is 35.2 Å². The van der Waals surface area contributed by atoms with Gasteiger partial charge in [0.15, 0.2) is 0 Å². The normalized spacial score (nSPS) is 14.5. The molecule has 0 aliphatic carbocycles. The van der Waals surface area contributed by atoms with E-state index in [-0.39, 0.29) is 11.3 Å². The molecule has 0 radical (unpaired) electrons. The van der Waals surface area contributed by atoms with E-state index in [1.54, 1.807) is 6.07 Å². The number of nitrogens with zero attached hydrogens (tertiary/aromatic N) is 5. The molecule has 2 aromatic carbocycles. The zero-order chi connectivity index (χ0) is 26.5. The Morgan fingerprint density at radius 2 is 1.82 bits per heavy atom. The second-order valence-electron chi connectivity index (χ2n) is 9.34. The molecule has 2 aromatic heterocycles. The van der Waals surface area contributed by atoms with Crippen LogP contribution in [0.15, 0.2) is 55.0 Å². The first-order chi connectivity index (χ1) is 18.5. The van der Waals surface area contributed by atoms with Crippen LogP contribution < -0.4 is 15.4 Å². The maximum Gasteiger partial charge on any atom is 0.149 e. The summed E-state index contributed by atoms with van der Waals surface area (Å²) in [4.78, 5) is 17.6. The molecule has 4 aromatic rings. The van der Waals surface area contributed by atoms with E-state index in [0.717, 1.165) is 56.0 Å². The van der Waals surface area contributed by atoms with Crippen LogP contribution in [0, 0.1) is 11.6 Å². The third-order valence-corrected chi connectivity index (χ3v) is 6.72. The first-order valence-corrected chi connectivity index (χ1v) is 12.7. The Morgan fingerprint density at radius 3 is 2.61 bits per heavy atom. The summed E-state index contributed by atoms with van der Waals surface area (Å²) in [5.41, 5.74) is 2.07. The van der Waals surface area contributed by atoms with Gasteiger partial charge in [-0.15, -0.1) is 0 Å². The third kappa shape index (κ3) is 5.81. The summed E-state index contributed by atoms with van der Waals surface area (Å²) >= 11 is 0. The van der Waals surface area contributed by atoms with E-state index in [2.05, 4.69) is 42.4 Å². The lowest BCUT2D eigenvalue weighted by Crippen LogP contribution is -2.44. The average molecular weight is 520 g/mol. The Morgan fingerprint density at radius 1 is 0.974 bits per heavy atom. The lowest BCUT2D eigenvalue weighted by Gasteiger charge is -2.32. The highest BCUT2D eigenvalue weighted by Crippen LogP contribution is 2.34. The molecular weight excluding hydrogens is 488 g/mol. The number of rotatable bonds is 9. The minimum absolute atomic E-state index is 0.0481. The molecule has 1 aliphatic rings. The summed E-state index contributed by atoms with van der Waals surface area (Å²) in [7, 11) is 3.99. The third-order valence-electron chi connectivity index (χ3n) is 6.72. The number of benzene rings is 2. The molecule has 8 nitrogen and oxygen atoms in total. The number of halogens is 2. The van der Waals surface area contributed by atoms with Gasteiger partial charge >= 0.3 is 0 Å². The number of hydrogen-bond acceptors (Lipinski definition) is 8. The van der Waals surface area contributed by atoms with E-state index in [4.69, 9.17) is 4.74 Å². The highest BCUT2D eigenvalue weighted by atomic mass is 19.1. The maximum absolute atomic E-state index is 14.5.